The van der Waals surface area contributed by atoms with E-state index in [2.05, 4.69) is 15.0 Å². The number of nitrogens with zero attached hydrogens (tertiary/aromatic N) is 2. The summed E-state index contributed by atoms with van der Waals surface area (Å²) in [4.78, 5) is 31.9. The molecule has 0 amide bonds. The molecule has 2 heterocycles. The van der Waals surface area contributed by atoms with Gasteiger partial charge in [-0.25, -0.2) is 9.78 Å². The van der Waals surface area contributed by atoms with Crippen LogP contribution < -0.4 is 11.2 Å². The van der Waals surface area contributed by atoms with Gasteiger partial charge in [0.2, 0.25) is 0 Å². The third-order valence-electron chi connectivity index (χ3n) is 2.38. The average molecular weight is 224 g/mol. The summed E-state index contributed by atoms with van der Waals surface area (Å²) in [5.41, 5.74) is -0.338. The van der Waals surface area contributed by atoms with Crippen LogP contribution in [0.1, 0.15) is 12.2 Å². The molecule has 2 rings (SSSR count). The van der Waals surface area contributed by atoms with Gasteiger partial charge in [0.15, 0.2) is 5.65 Å². The van der Waals surface area contributed by atoms with Gasteiger partial charge in [-0.15, -0.1) is 0 Å². The summed E-state index contributed by atoms with van der Waals surface area (Å²) >= 11 is 0. The fourth-order valence-electron chi connectivity index (χ4n) is 1.52. The molecule has 0 aliphatic heterocycles. The van der Waals surface area contributed by atoms with E-state index in [4.69, 9.17) is 5.11 Å². The first-order valence-corrected chi connectivity index (χ1v) is 4.92. The predicted octanol–water partition coefficient (Wildman–Crippen LogP) is -1.13. The molecule has 0 spiro atoms. The number of fused-ring (bicyclic) bond motifs is 1. The first kappa shape index (κ1) is 10.6. The molecule has 2 aromatic heterocycles. The Bertz CT molecular complexity index is 622. The quantitative estimate of drug-likeness (QED) is 0.614. The lowest BCUT2D eigenvalue weighted by Gasteiger charge is -1.94. The lowest BCUT2D eigenvalue weighted by atomic mass is 10.3. The Hall–Kier alpha value is -1.89. The number of imidazole rings is 1. The van der Waals surface area contributed by atoms with Crippen molar-refractivity contribution in [1.29, 1.82) is 0 Å². The monoisotopic (exact) mass is 224 g/mol. The molecule has 16 heavy (non-hydrogen) atoms. The second kappa shape index (κ2) is 3.93. The van der Waals surface area contributed by atoms with Gasteiger partial charge >= 0.3 is 5.69 Å². The number of hydrogen-bond acceptors (Lipinski definition) is 4. The molecule has 3 N–H and O–H groups in total. The molecule has 0 fully saturated rings. The molecular weight excluding hydrogens is 212 g/mol. The highest BCUT2D eigenvalue weighted by Gasteiger charge is 2.09. The Morgan fingerprint density at radius 2 is 2.12 bits per heavy atom. The predicted molar refractivity (Wildman–Crippen MR) is 57.4 cm³/mol. The van der Waals surface area contributed by atoms with Gasteiger partial charge in [0.25, 0.3) is 5.56 Å². The molecule has 2 aromatic rings. The minimum absolute atomic E-state index is 0.0618. The summed E-state index contributed by atoms with van der Waals surface area (Å²) in [6, 6.07) is 0. The number of hydrogen-bond donors (Lipinski definition) is 3. The molecule has 0 radical (unpaired) electrons. The van der Waals surface area contributed by atoms with Crippen molar-refractivity contribution in [2.75, 3.05) is 6.61 Å². The maximum atomic E-state index is 11.4. The minimum atomic E-state index is -0.488. The molecule has 0 aromatic carbocycles. The molecule has 0 unspecified atom stereocenters. The van der Waals surface area contributed by atoms with Crippen molar-refractivity contribution in [3.8, 4) is 0 Å². The van der Waals surface area contributed by atoms with Crippen molar-refractivity contribution in [1.82, 2.24) is 19.5 Å². The summed E-state index contributed by atoms with van der Waals surface area (Å²) in [5, 5.41) is 8.69. The van der Waals surface area contributed by atoms with Gasteiger partial charge in [0.05, 0.1) is 0 Å². The molecule has 7 nitrogen and oxygen atoms in total. The summed E-state index contributed by atoms with van der Waals surface area (Å²) in [7, 11) is 1.54. The van der Waals surface area contributed by atoms with Crippen LogP contribution in [0.5, 0.6) is 0 Å². The second-order valence-corrected chi connectivity index (χ2v) is 3.53. The Balaban J connectivity index is 2.61. The van der Waals surface area contributed by atoms with Gasteiger partial charge in [-0.1, -0.05) is 0 Å². The Morgan fingerprint density at radius 3 is 2.81 bits per heavy atom. The molecule has 0 atom stereocenters. The van der Waals surface area contributed by atoms with E-state index in [-0.39, 0.29) is 12.1 Å². The number of aliphatic hydroxyl groups is 1. The number of aryl methyl sites for hydroxylation is 2. The van der Waals surface area contributed by atoms with Crippen molar-refractivity contribution >= 4 is 11.2 Å². The van der Waals surface area contributed by atoms with Crippen LogP contribution in [0, 0.1) is 0 Å². The normalized spacial score (nSPS) is 11.1. The molecule has 0 saturated carbocycles. The van der Waals surface area contributed by atoms with Gasteiger partial charge in [0, 0.05) is 20.1 Å². The van der Waals surface area contributed by atoms with Crippen molar-refractivity contribution in [3.05, 3.63) is 26.7 Å². The zero-order chi connectivity index (χ0) is 11.7. The Labute approximate surface area is 89.8 Å². The van der Waals surface area contributed by atoms with Crippen LogP contribution in [0.15, 0.2) is 9.59 Å². The number of H-pyrrole nitrogens is 2. The van der Waals surface area contributed by atoms with Gasteiger partial charge in [-0.05, 0) is 6.42 Å². The topological polar surface area (TPSA) is 104 Å². The SMILES string of the molecule is Cn1c(=O)[nH]c(=O)c2[nH]c(CCCO)nc21. The summed E-state index contributed by atoms with van der Waals surface area (Å²) in [5.74, 6) is 0.593. The van der Waals surface area contributed by atoms with Crippen LogP contribution in [-0.4, -0.2) is 31.2 Å². The zero-order valence-corrected chi connectivity index (χ0v) is 8.78. The van der Waals surface area contributed by atoms with E-state index >= 15 is 0 Å². The molecule has 0 aliphatic rings. The standard InChI is InChI=1S/C9H12N4O3/c1-13-7-6(8(15)12-9(13)16)10-5(11-7)3-2-4-14/h14H,2-4H2,1H3,(H,10,11)(H,12,15,16). The van der Waals surface area contributed by atoms with Crippen LogP contribution in [0.3, 0.4) is 0 Å². The van der Waals surface area contributed by atoms with Crippen LogP contribution in [0.25, 0.3) is 11.2 Å². The number of aromatic amines is 2. The van der Waals surface area contributed by atoms with Gasteiger partial charge in [0.1, 0.15) is 11.3 Å². The summed E-state index contributed by atoms with van der Waals surface area (Å²) < 4.78 is 1.27. The molecule has 0 saturated heterocycles. The first-order chi connectivity index (χ1) is 7.63. The van der Waals surface area contributed by atoms with E-state index in [1.54, 1.807) is 0 Å². The highest BCUT2D eigenvalue weighted by molar-refractivity contribution is 5.69. The summed E-state index contributed by atoms with van der Waals surface area (Å²) in [6.45, 7) is 0.0618. The van der Waals surface area contributed by atoms with E-state index in [0.717, 1.165) is 0 Å². The van der Waals surface area contributed by atoms with Crippen molar-refractivity contribution < 1.29 is 5.11 Å². The maximum absolute atomic E-state index is 11.4. The lowest BCUT2D eigenvalue weighted by Crippen LogP contribution is -2.28. The van der Waals surface area contributed by atoms with Crippen LogP contribution in [0.2, 0.25) is 0 Å². The molecular formula is C9H12N4O3. The highest BCUT2D eigenvalue weighted by atomic mass is 16.3. The fraction of sp³-hybridized carbons (Fsp3) is 0.444. The van der Waals surface area contributed by atoms with Crippen molar-refractivity contribution in [2.24, 2.45) is 7.05 Å². The summed E-state index contributed by atoms with van der Waals surface area (Å²) in [6.07, 6.45) is 1.10. The van der Waals surface area contributed by atoms with Crippen molar-refractivity contribution in [3.63, 3.8) is 0 Å². The average Bonchev–Trinajstić information content (AvgIpc) is 2.68. The van der Waals surface area contributed by atoms with Gasteiger partial charge in [-0.3, -0.25) is 14.3 Å². The third kappa shape index (κ3) is 1.65. The molecule has 86 valence electrons. The van der Waals surface area contributed by atoms with E-state index in [9.17, 15) is 9.59 Å². The van der Waals surface area contributed by atoms with E-state index in [0.29, 0.717) is 24.3 Å². The van der Waals surface area contributed by atoms with E-state index in [1.165, 1.54) is 11.6 Å². The van der Waals surface area contributed by atoms with Gasteiger partial charge in [-0.2, -0.15) is 0 Å². The minimum Gasteiger partial charge on any atom is -0.396 e. The molecule has 0 bridgehead atoms. The van der Waals surface area contributed by atoms with E-state index < -0.39 is 11.2 Å². The maximum Gasteiger partial charge on any atom is 0.329 e. The first-order valence-electron chi connectivity index (χ1n) is 4.92. The fourth-order valence-corrected chi connectivity index (χ4v) is 1.52. The number of aromatic nitrogens is 4. The lowest BCUT2D eigenvalue weighted by molar-refractivity contribution is 0.287. The zero-order valence-electron chi connectivity index (χ0n) is 8.78. The number of rotatable bonds is 3. The number of nitrogens with one attached hydrogen (secondary N) is 2. The highest BCUT2D eigenvalue weighted by Crippen LogP contribution is 2.05. The molecule has 0 aliphatic carbocycles. The molecule has 7 heteroatoms. The largest absolute Gasteiger partial charge is 0.396 e. The third-order valence-corrected chi connectivity index (χ3v) is 2.38. The Kier molecular flexibility index (Phi) is 2.61. The Morgan fingerprint density at radius 1 is 1.38 bits per heavy atom. The second-order valence-electron chi connectivity index (χ2n) is 3.53. The van der Waals surface area contributed by atoms with Crippen LogP contribution in [-0.2, 0) is 13.5 Å². The van der Waals surface area contributed by atoms with E-state index in [1.807, 2.05) is 0 Å². The van der Waals surface area contributed by atoms with Crippen LogP contribution >= 0.6 is 0 Å². The number of aliphatic hydroxyl groups excluding tert-OH is 1. The van der Waals surface area contributed by atoms with Gasteiger partial charge < -0.3 is 10.1 Å². The smallest absolute Gasteiger partial charge is 0.329 e. The van der Waals surface area contributed by atoms with Crippen molar-refractivity contribution in [2.45, 2.75) is 12.8 Å². The van der Waals surface area contributed by atoms with Crippen LogP contribution in [0.4, 0.5) is 0 Å².